The van der Waals surface area contributed by atoms with Gasteiger partial charge in [0, 0.05) is 0 Å². The molecular formula is C24H44. The zero-order valence-electron chi connectivity index (χ0n) is 17.5. The Labute approximate surface area is 152 Å². The first kappa shape index (κ1) is 18.8. The average molecular weight is 333 g/mol. The summed E-state index contributed by atoms with van der Waals surface area (Å²) in [6, 6.07) is 0. The summed E-state index contributed by atoms with van der Waals surface area (Å²) in [6.07, 6.45) is 15.3. The number of fused-ring (bicyclic) bond motifs is 2. The number of rotatable bonds is 0. The highest BCUT2D eigenvalue weighted by molar-refractivity contribution is 4.94. The maximum atomic E-state index is 2.43. The lowest BCUT2D eigenvalue weighted by Crippen LogP contribution is -2.24. The van der Waals surface area contributed by atoms with Gasteiger partial charge in [-0.1, -0.05) is 73.6 Å². The summed E-state index contributed by atoms with van der Waals surface area (Å²) in [5.74, 6) is 6.51. The van der Waals surface area contributed by atoms with E-state index in [1.807, 2.05) is 0 Å². The fourth-order valence-electron chi connectivity index (χ4n) is 6.91. The second-order valence-corrected chi connectivity index (χ2v) is 11.9. The minimum Gasteiger partial charge on any atom is -0.0599 e. The van der Waals surface area contributed by atoms with Gasteiger partial charge in [-0.3, -0.25) is 0 Å². The summed E-state index contributed by atoms with van der Waals surface area (Å²) in [6.45, 7) is 14.5. The maximum Gasteiger partial charge on any atom is -0.0334 e. The monoisotopic (exact) mass is 332 g/mol. The van der Waals surface area contributed by atoms with Crippen LogP contribution in [-0.2, 0) is 0 Å². The Morgan fingerprint density at radius 2 is 1.08 bits per heavy atom. The van der Waals surface area contributed by atoms with E-state index in [0.29, 0.717) is 10.8 Å². The normalized spacial score (nSPS) is 41.8. The molecule has 0 bridgehead atoms. The van der Waals surface area contributed by atoms with Gasteiger partial charge >= 0.3 is 0 Å². The van der Waals surface area contributed by atoms with Crippen LogP contribution in [0.15, 0.2) is 0 Å². The first-order chi connectivity index (χ1) is 11.2. The van der Waals surface area contributed by atoms with Gasteiger partial charge in [0.15, 0.2) is 0 Å². The van der Waals surface area contributed by atoms with Crippen molar-refractivity contribution >= 4 is 0 Å². The van der Waals surface area contributed by atoms with Gasteiger partial charge in [0.2, 0.25) is 0 Å². The molecule has 0 radical (unpaired) electrons. The van der Waals surface area contributed by atoms with Gasteiger partial charge in [-0.25, -0.2) is 0 Å². The number of hydrogen-bond acceptors (Lipinski definition) is 0. The zero-order chi connectivity index (χ0) is 17.5. The first-order valence-electron chi connectivity index (χ1n) is 11.2. The molecular weight excluding hydrogens is 288 g/mol. The van der Waals surface area contributed by atoms with Crippen molar-refractivity contribution in [2.45, 2.75) is 106 Å². The molecule has 24 heavy (non-hydrogen) atoms. The minimum atomic E-state index is 0.573. The highest BCUT2D eigenvalue weighted by Crippen LogP contribution is 2.53. The second kappa shape index (κ2) is 6.96. The summed E-state index contributed by atoms with van der Waals surface area (Å²) in [4.78, 5) is 0. The Balaban J connectivity index is 0.000000141. The molecule has 140 valence electrons. The highest BCUT2D eigenvalue weighted by atomic mass is 14.5. The van der Waals surface area contributed by atoms with Crippen LogP contribution in [0.4, 0.5) is 0 Å². The van der Waals surface area contributed by atoms with Gasteiger partial charge < -0.3 is 0 Å². The molecule has 4 rings (SSSR count). The fraction of sp³-hybridized carbons (Fsp3) is 1.00. The van der Waals surface area contributed by atoms with Gasteiger partial charge in [-0.05, 0) is 78.4 Å². The molecule has 0 aromatic heterocycles. The first-order valence-corrected chi connectivity index (χ1v) is 11.2. The summed E-state index contributed by atoms with van der Waals surface area (Å²) in [5, 5.41) is 0. The lowest BCUT2D eigenvalue weighted by atomic mass is 9.74. The molecule has 5 atom stereocenters. The molecule has 0 heterocycles. The molecule has 0 aromatic rings. The Morgan fingerprint density at radius 1 is 0.542 bits per heavy atom. The Bertz CT molecular complexity index is 395. The van der Waals surface area contributed by atoms with E-state index in [9.17, 15) is 0 Å². The van der Waals surface area contributed by atoms with Crippen LogP contribution in [0.5, 0.6) is 0 Å². The minimum absolute atomic E-state index is 0.573. The zero-order valence-corrected chi connectivity index (χ0v) is 17.5. The summed E-state index contributed by atoms with van der Waals surface area (Å²) < 4.78 is 0. The van der Waals surface area contributed by atoms with Crippen molar-refractivity contribution in [3.8, 4) is 0 Å². The molecule has 0 nitrogen and oxygen atoms in total. The smallest absolute Gasteiger partial charge is 0.0334 e. The van der Waals surface area contributed by atoms with Crippen molar-refractivity contribution in [1.29, 1.82) is 0 Å². The van der Waals surface area contributed by atoms with Crippen molar-refractivity contribution < 1.29 is 0 Å². The van der Waals surface area contributed by atoms with E-state index in [0.717, 1.165) is 35.5 Å². The van der Waals surface area contributed by atoms with Crippen molar-refractivity contribution in [1.82, 2.24) is 0 Å². The largest absolute Gasteiger partial charge is 0.0599 e. The lowest BCUT2D eigenvalue weighted by Gasteiger charge is -2.32. The van der Waals surface area contributed by atoms with Crippen molar-refractivity contribution in [2.24, 2.45) is 46.3 Å². The van der Waals surface area contributed by atoms with E-state index in [4.69, 9.17) is 0 Å². The SMILES string of the molecule is CC(C)(C)C1CC2CCCC2C1.CC(C)(C)C1CCC2CCCC21. The van der Waals surface area contributed by atoms with Gasteiger partial charge in [0.05, 0.1) is 0 Å². The average Bonchev–Trinajstić information content (AvgIpc) is 3.16. The molecule has 0 saturated heterocycles. The maximum absolute atomic E-state index is 2.43. The van der Waals surface area contributed by atoms with Crippen LogP contribution in [0.25, 0.3) is 0 Å². The molecule has 0 aromatic carbocycles. The molecule has 0 amide bonds. The van der Waals surface area contributed by atoms with Crippen LogP contribution in [0.3, 0.4) is 0 Å². The topological polar surface area (TPSA) is 0 Å². The van der Waals surface area contributed by atoms with E-state index in [1.165, 1.54) is 64.2 Å². The van der Waals surface area contributed by atoms with Crippen LogP contribution in [0.2, 0.25) is 0 Å². The molecule has 0 heteroatoms. The van der Waals surface area contributed by atoms with Crippen LogP contribution in [0.1, 0.15) is 106 Å². The Hall–Kier alpha value is 0. The van der Waals surface area contributed by atoms with Crippen LogP contribution < -0.4 is 0 Å². The van der Waals surface area contributed by atoms with E-state index >= 15 is 0 Å². The van der Waals surface area contributed by atoms with E-state index in [1.54, 1.807) is 0 Å². The van der Waals surface area contributed by atoms with Crippen LogP contribution >= 0.6 is 0 Å². The third-order valence-electron chi connectivity index (χ3n) is 8.41. The van der Waals surface area contributed by atoms with Gasteiger partial charge in [0.25, 0.3) is 0 Å². The van der Waals surface area contributed by atoms with Gasteiger partial charge in [0.1, 0.15) is 0 Å². The molecule has 0 aliphatic heterocycles. The standard InChI is InChI=1S/2C12H22/c1-12(2,3)11-7-9-5-4-6-10(9)8-11;1-12(2,3)11-8-7-9-5-4-6-10(9)11/h2*9-11H,4-8H2,1-3H3. The van der Waals surface area contributed by atoms with E-state index in [-0.39, 0.29) is 0 Å². The van der Waals surface area contributed by atoms with E-state index in [2.05, 4.69) is 41.5 Å². The van der Waals surface area contributed by atoms with E-state index < -0.39 is 0 Å². The Kier molecular flexibility index (Phi) is 5.44. The Morgan fingerprint density at radius 3 is 1.62 bits per heavy atom. The fourth-order valence-corrected chi connectivity index (χ4v) is 6.91. The van der Waals surface area contributed by atoms with Crippen molar-refractivity contribution in [3.63, 3.8) is 0 Å². The predicted octanol–water partition coefficient (Wildman–Crippen LogP) is 7.72. The van der Waals surface area contributed by atoms with Crippen molar-refractivity contribution in [3.05, 3.63) is 0 Å². The highest BCUT2D eigenvalue weighted by Gasteiger charge is 2.44. The molecule has 5 unspecified atom stereocenters. The summed E-state index contributed by atoms with van der Waals surface area (Å²) >= 11 is 0. The summed E-state index contributed by atoms with van der Waals surface area (Å²) in [7, 11) is 0. The number of hydrogen-bond donors (Lipinski definition) is 0. The summed E-state index contributed by atoms with van der Waals surface area (Å²) in [5.41, 5.74) is 1.15. The molecule has 0 spiro atoms. The second-order valence-electron chi connectivity index (χ2n) is 11.9. The quantitative estimate of drug-likeness (QED) is 0.426. The predicted molar refractivity (Wildman–Crippen MR) is 106 cm³/mol. The van der Waals surface area contributed by atoms with Gasteiger partial charge in [-0.15, -0.1) is 0 Å². The van der Waals surface area contributed by atoms with Crippen LogP contribution in [-0.4, -0.2) is 0 Å². The lowest BCUT2D eigenvalue weighted by molar-refractivity contribution is 0.176. The van der Waals surface area contributed by atoms with Crippen molar-refractivity contribution in [2.75, 3.05) is 0 Å². The molecule has 4 saturated carbocycles. The van der Waals surface area contributed by atoms with Gasteiger partial charge in [-0.2, -0.15) is 0 Å². The third-order valence-corrected chi connectivity index (χ3v) is 8.41. The molecule has 4 aliphatic carbocycles. The van der Waals surface area contributed by atoms with Crippen LogP contribution in [0, 0.1) is 46.3 Å². The molecule has 4 aliphatic rings. The molecule has 4 fully saturated rings. The molecule has 0 N–H and O–H groups in total. The third kappa shape index (κ3) is 4.04.